The lowest BCUT2D eigenvalue weighted by Crippen LogP contribution is -2.49. The molecule has 1 aromatic rings. The van der Waals surface area contributed by atoms with E-state index in [0.29, 0.717) is 12.5 Å². The van der Waals surface area contributed by atoms with Crippen molar-refractivity contribution in [3.05, 3.63) is 29.8 Å². The Hall–Kier alpha value is -1.39. The summed E-state index contributed by atoms with van der Waals surface area (Å²) in [6, 6.07) is 8.60. The van der Waals surface area contributed by atoms with Crippen molar-refractivity contribution in [3.8, 4) is 0 Å². The summed E-state index contributed by atoms with van der Waals surface area (Å²) in [6.45, 7) is 6.44. The number of piperazine rings is 1. The Morgan fingerprint density at radius 3 is 2.88 bits per heavy atom. The standard InChI is InChI=1S/C13H19N3O/c1-11-8-14-6-7-16(11)9-12-2-4-13(5-3-12)15-10-17/h2-5,10-11,14H,6-9H2,1H3,(H,15,17). The summed E-state index contributed by atoms with van der Waals surface area (Å²) in [5, 5.41) is 6.03. The lowest BCUT2D eigenvalue weighted by molar-refractivity contribution is -0.105. The molecule has 1 heterocycles. The highest BCUT2D eigenvalue weighted by Gasteiger charge is 2.17. The fourth-order valence-electron chi connectivity index (χ4n) is 2.13. The molecule has 2 N–H and O–H groups in total. The van der Waals surface area contributed by atoms with Crippen LogP contribution >= 0.6 is 0 Å². The number of carbonyl (C=O) groups excluding carboxylic acids is 1. The normalized spacial score (nSPS) is 21.1. The van der Waals surface area contributed by atoms with E-state index in [1.54, 1.807) is 0 Å². The molecule has 4 heteroatoms. The number of hydrogen-bond acceptors (Lipinski definition) is 3. The molecule has 0 aliphatic carbocycles. The fraction of sp³-hybridized carbons (Fsp3) is 0.462. The van der Waals surface area contributed by atoms with Gasteiger partial charge < -0.3 is 10.6 Å². The first-order valence-corrected chi connectivity index (χ1v) is 6.03. The zero-order valence-electron chi connectivity index (χ0n) is 10.1. The van der Waals surface area contributed by atoms with Gasteiger partial charge in [-0.2, -0.15) is 0 Å². The summed E-state index contributed by atoms with van der Waals surface area (Å²) in [6.07, 6.45) is 0.702. The van der Waals surface area contributed by atoms with Crippen molar-refractivity contribution in [1.29, 1.82) is 0 Å². The van der Waals surface area contributed by atoms with Gasteiger partial charge in [0.1, 0.15) is 0 Å². The largest absolute Gasteiger partial charge is 0.329 e. The van der Waals surface area contributed by atoms with Gasteiger partial charge in [-0.05, 0) is 24.6 Å². The molecule has 0 radical (unpaired) electrons. The second-order valence-corrected chi connectivity index (χ2v) is 4.48. The van der Waals surface area contributed by atoms with Crippen molar-refractivity contribution in [2.45, 2.75) is 19.5 Å². The number of amides is 1. The lowest BCUT2D eigenvalue weighted by atomic mass is 10.1. The Bertz CT molecular complexity index is 363. The average Bonchev–Trinajstić information content (AvgIpc) is 2.35. The van der Waals surface area contributed by atoms with E-state index in [1.807, 2.05) is 12.1 Å². The third-order valence-electron chi connectivity index (χ3n) is 3.20. The van der Waals surface area contributed by atoms with Gasteiger partial charge in [0, 0.05) is 37.9 Å². The van der Waals surface area contributed by atoms with Crippen LogP contribution in [-0.4, -0.2) is 37.0 Å². The summed E-state index contributed by atoms with van der Waals surface area (Å²) in [7, 11) is 0. The molecule has 0 spiro atoms. The third-order valence-corrected chi connectivity index (χ3v) is 3.20. The molecule has 1 saturated heterocycles. The molecular weight excluding hydrogens is 214 g/mol. The molecule has 92 valence electrons. The molecule has 0 saturated carbocycles. The average molecular weight is 233 g/mol. The topological polar surface area (TPSA) is 44.4 Å². The van der Waals surface area contributed by atoms with E-state index in [4.69, 9.17) is 0 Å². The van der Waals surface area contributed by atoms with Crippen LogP contribution in [0.2, 0.25) is 0 Å². The smallest absolute Gasteiger partial charge is 0.211 e. The van der Waals surface area contributed by atoms with Crippen LogP contribution in [0.3, 0.4) is 0 Å². The molecule has 1 fully saturated rings. The first kappa shape index (κ1) is 12.1. The molecule has 1 atom stereocenters. The molecule has 1 aliphatic rings. The van der Waals surface area contributed by atoms with E-state index in [1.165, 1.54) is 5.56 Å². The first-order valence-electron chi connectivity index (χ1n) is 6.03. The van der Waals surface area contributed by atoms with E-state index in [0.717, 1.165) is 31.9 Å². The maximum atomic E-state index is 10.3. The summed E-state index contributed by atoms with van der Waals surface area (Å²) in [5.74, 6) is 0. The van der Waals surface area contributed by atoms with Crippen molar-refractivity contribution < 1.29 is 4.79 Å². The predicted molar refractivity (Wildman–Crippen MR) is 68.9 cm³/mol. The van der Waals surface area contributed by atoms with E-state index in [-0.39, 0.29) is 0 Å². The van der Waals surface area contributed by atoms with E-state index < -0.39 is 0 Å². The predicted octanol–water partition coefficient (Wildman–Crippen LogP) is 1.05. The van der Waals surface area contributed by atoms with Gasteiger partial charge >= 0.3 is 0 Å². The highest BCUT2D eigenvalue weighted by atomic mass is 16.1. The van der Waals surface area contributed by atoms with Crippen molar-refractivity contribution in [1.82, 2.24) is 10.2 Å². The molecule has 1 amide bonds. The number of hydrogen-bond donors (Lipinski definition) is 2. The molecule has 0 aromatic heterocycles. The Labute approximate surface area is 102 Å². The Morgan fingerprint density at radius 1 is 1.47 bits per heavy atom. The highest BCUT2D eigenvalue weighted by Crippen LogP contribution is 2.13. The van der Waals surface area contributed by atoms with Gasteiger partial charge in [-0.1, -0.05) is 12.1 Å². The second-order valence-electron chi connectivity index (χ2n) is 4.48. The molecule has 1 unspecified atom stereocenters. The van der Waals surface area contributed by atoms with Crippen LogP contribution in [-0.2, 0) is 11.3 Å². The fourth-order valence-corrected chi connectivity index (χ4v) is 2.13. The maximum Gasteiger partial charge on any atom is 0.211 e. The van der Waals surface area contributed by atoms with Crippen LogP contribution in [0, 0.1) is 0 Å². The number of nitrogens with zero attached hydrogens (tertiary/aromatic N) is 1. The zero-order chi connectivity index (χ0) is 12.1. The van der Waals surface area contributed by atoms with Crippen LogP contribution < -0.4 is 10.6 Å². The third kappa shape index (κ3) is 3.28. The Morgan fingerprint density at radius 2 is 2.24 bits per heavy atom. The first-order chi connectivity index (χ1) is 8.29. The summed E-state index contributed by atoms with van der Waals surface area (Å²) in [4.78, 5) is 12.8. The van der Waals surface area contributed by atoms with E-state index in [2.05, 4.69) is 34.6 Å². The summed E-state index contributed by atoms with van der Waals surface area (Å²) < 4.78 is 0. The van der Waals surface area contributed by atoms with Gasteiger partial charge in [-0.25, -0.2) is 0 Å². The SMILES string of the molecule is CC1CNCCN1Cc1ccc(NC=O)cc1. The van der Waals surface area contributed by atoms with Crippen LogP contribution in [0.5, 0.6) is 0 Å². The van der Waals surface area contributed by atoms with Crippen LogP contribution in [0.1, 0.15) is 12.5 Å². The van der Waals surface area contributed by atoms with Gasteiger partial charge in [0.05, 0.1) is 0 Å². The van der Waals surface area contributed by atoms with Crippen molar-refractivity contribution >= 4 is 12.1 Å². The van der Waals surface area contributed by atoms with Gasteiger partial charge in [0.2, 0.25) is 6.41 Å². The molecule has 4 nitrogen and oxygen atoms in total. The monoisotopic (exact) mass is 233 g/mol. The van der Waals surface area contributed by atoms with Gasteiger partial charge in [0.15, 0.2) is 0 Å². The van der Waals surface area contributed by atoms with Gasteiger partial charge in [-0.15, -0.1) is 0 Å². The van der Waals surface area contributed by atoms with Gasteiger partial charge in [-0.3, -0.25) is 9.69 Å². The van der Waals surface area contributed by atoms with Crippen LogP contribution in [0.25, 0.3) is 0 Å². The molecule has 1 aliphatic heterocycles. The van der Waals surface area contributed by atoms with E-state index >= 15 is 0 Å². The Kier molecular flexibility index (Phi) is 4.12. The quantitative estimate of drug-likeness (QED) is 0.764. The minimum Gasteiger partial charge on any atom is -0.329 e. The number of anilines is 1. The highest BCUT2D eigenvalue weighted by molar-refractivity contribution is 5.70. The number of carbonyl (C=O) groups is 1. The minimum absolute atomic E-state index is 0.580. The van der Waals surface area contributed by atoms with Crippen LogP contribution in [0.15, 0.2) is 24.3 Å². The lowest BCUT2D eigenvalue weighted by Gasteiger charge is -2.33. The molecule has 0 bridgehead atoms. The van der Waals surface area contributed by atoms with E-state index in [9.17, 15) is 4.79 Å². The molecule has 17 heavy (non-hydrogen) atoms. The Balaban J connectivity index is 1.95. The number of benzene rings is 1. The van der Waals surface area contributed by atoms with Crippen molar-refractivity contribution in [2.24, 2.45) is 0 Å². The molecule has 1 aromatic carbocycles. The molecule has 2 rings (SSSR count). The van der Waals surface area contributed by atoms with Gasteiger partial charge in [0.25, 0.3) is 0 Å². The zero-order valence-corrected chi connectivity index (χ0v) is 10.1. The van der Waals surface area contributed by atoms with Crippen molar-refractivity contribution in [2.75, 3.05) is 25.0 Å². The molecular formula is C13H19N3O. The summed E-state index contributed by atoms with van der Waals surface area (Å²) >= 11 is 0. The maximum absolute atomic E-state index is 10.3. The number of rotatable bonds is 4. The van der Waals surface area contributed by atoms with Crippen LogP contribution in [0.4, 0.5) is 5.69 Å². The minimum atomic E-state index is 0.580. The van der Waals surface area contributed by atoms with Crippen molar-refractivity contribution in [3.63, 3.8) is 0 Å². The summed E-state index contributed by atoms with van der Waals surface area (Å²) in [5.41, 5.74) is 2.13. The number of nitrogens with one attached hydrogen (secondary N) is 2. The second kappa shape index (κ2) is 5.80.